The molecule has 0 amide bonds. The minimum absolute atomic E-state index is 0.407. The van der Waals surface area contributed by atoms with E-state index in [4.69, 9.17) is 0 Å². The monoisotopic (exact) mass is 261 g/mol. The molecule has 19 heavy (non-hydrogen) atoms. The first kappa shape index (κ1) is 14.4. The largest absolute Gasteiger partial charge is 0.389 e. The molecule has 0 radical (unpaired) electrons. The van der Waals surface area contributed by atoms with E-state index in [1.54, 1.807) is 0 Å². The summed E-state index contributed by atoms with van der Waals surface area (Å²) in [6.07, 6.45) is 4.74. The molecule has 0 aromatic heterocycles. The number of benzene rings is 1. The minimum atomic E-state index is -0.407. The lowest BCUT2D eigenvalue weighted by atomic mass is 9.79. The number of para-hydroxylation sites is 1. The summed E-state index contributed by atoms with van der Waals surface area (Å²) >= 11 is 0. The van der Waals surface area contributed by atoms with Crippen molar-refractivity contribution in [2.45, 2.75) is 58.6 Å². The van der Waals surface area contributed by atoms with Crippen LogP contribution in [0.4, 0.5) is 5.69 Å². The maximum Gasteiger partial charge on any atom is 0.0781 e. The number of hydrogen-bond acceptors (Lipinski definition) is 2. The average Bonchev–Trinajstić information content (AvgIpc) is 2.39. The van der Waals surface area contributed by atoms with Gasteiger partial charge in [0.2, 0.25) is 0 Å². The molecule has 106 valence electrons. The van der Waals surface area contributed by atoms with E-state index in [9.17, 15) is 5.11 Å². The van der Waals surface area contributed by atoms with Gasteiger partial charge >= 0.3 is 0 Å². The summed E-state index contributed by atoms with van der Waals surface area (Å²) in [5.41, 5.74) is 2.11. The lowest BCUT2D eigenvalue weighted by Gasteiger charge is -2.32. The van der Waals surface area contributed by atoms with Crippen molar-refractivity contribution in [1.82, 2.24) is 0 Å². The van der Waals surface area contributed by atoms with Crippen molar-refractivity contribution in [2.24, 2.45) is 11.8 Å². The molecule has 0 heterocycles. The molecule has 1 atom stereocenters. The third kappa shape index (κ3) is 3.73. The van der Waals surface area contributed by atoms with Gasteiger partial charge in [-0.2, -0.15) is 0 Å². The van der Waals surface area contributed by atoms with E-state index >= 15 is 0 Å². The van der Waals surface area contributed by atoms with Crippen LogP contribution in [0, 0.1) is 11.8 Å². The number of aliphatic hydroxyl groups excluding tert-OH is 1. The Hall–Kier alpha value is -1.02. The normalized spacial score (nSPS) is 25.3. The molecule has 2 rings (SSSR count). The summed E-state index contributed by atoms with van der Waals surface area (Å²) in [7, 11) is 0. The molecule has 2 nitrogen and oxygen atoms in total. The summed E-state index contributed by atoms with van der Waals surface area (Å²) in [6.45, 7) is 6.50. The number of anilines is 1. The average molecular weight is 261 g/mol. The van der Waals surface area contributed by atoms with Gasteiger partial charge in [0.15, 0.2) is 0 Å². The van der Waals surface area contributed by atoms with Crippen LogP contribution in [0.5, 0.6) is 0 Å². The fraction of sp³-hybridized carbons (Fsp3) is 0.647. The zero-order chi connectivity index (χ0) is 13.8. The van der Waals surface area contributed by atoms with Crippen molar-refractivity contribution in [3.05, 3.63) is 29.8 Å². The Morgan fingerprint density at radius 3 is 2.26 bits per heavy atom. The van der Waals surface area contributed by atoms with Crippen LogP contribution in [-0.2, 0) is 0 Å². The van der Waals surface area contributed by atoms with Gasteiger partial charge in [-0.05, 0) is 50.5 Å². The van der Waals surface area contributed by atoms with Crippen molar-refractivity contribution < 1.29 is 5.11 Å². The van der Waals surface area contributed by atoms with Gasteiger partial charge in [0.05, 0.1) is 6.10 Å². The smallest absolute Gasteiger partial charge is 0.0781 e. The Balaban J connectivity index is 1.96. The minimum Gasteiger partial charge on any atom is -0.389 e. The van der Waals surface area contributed by atoms with Crippen LogP contribution in [0.2, 0.25) is 0 Å². The van der Waals surface area contributed by atoms with Crippen LogP contribution in [0.1, 0.15) is 58.1 Å². The SMILES string of the molecule is CC(O)c1ccccc1NC1CCC(C(C)C)CC1. The van der Waals surface area contributed by atoms with Gasteiger partial charge in [-0.15, -0.1) is 0 Å². The van der Waals surface area contributed by atoms with Gasteiger partial charge in [-0.1, -0.05) is 32.0 Å². The van der Waals surface area contributed by atoms with Crippen LogP contribution in [-0.4, -0.2) is 11.1 Å². The standard InChI is InChI=1S/C17H27NO/c1-12(2)14-8-10-15(11-9-14)18-17-7-5-4-6-16(17)13(3)19/h4-7,12-15,18-19H,8-11H2,1-3H3. The van der Waals surface area contributed by atoms with Gasteiger partial charge in [0.1, 0.15) is 0 Å². The molecule has 0 spiro atoms. The second-order valence-corrected chi connectivity index (χ2v) is 6.26. The molecule has 1 saturated carbocycles. The molecule has 2 N–H and O–H groups in total. The van der Waals surface area contributed by atoms with E-state index in [0.717, 1.165) is 23.1 Å². The van der Waals surface area contributed by atoms with Crippen molar-refractivity contribution in [2.75, 3.05) is 5.32 Å². The van der Waals surface area contributed by atoms with Crippen molar-refractivity contribution in [3.8, 4) is 0 Å². The van der Waals surface area contributed by atoms with E-state index in [0.29, 0.717) is 6.04 Å². The highest BCUT2D eigenvalue weighted by Gasteiger charge is 2.23. The second-order valence-electron chi connectivity index (χ2n) is 6.26. The third-order valence-electron chi connectivity index (χ3n) is 4.49. The Kier molecular flexibility index (Phi) is 4.87. The van der Waals surface area contributed by atoms with Crippen LogP contribution < -0.4 is 5.32 Å². The fourth-order valence-electron chi connectivity index (χ4n) is 3.14. The lowest BCUT2D eigenvalue weighted by molar-refractivity contribution is 0.199. The maximum atomic E-state index is 9.81. The molecule has 1 fully saturated rings. The molecular weight excluding hydrogens is 234 g/mol. The Morgan fingerprint density at radius 1 is 1.05 bits per heavy atom. The first-order valence-corrected chi connectivity index (χ1v) is 7.61. The van der Waals surface area contributed by atoms with Crippen LogP contribution in [0.15, 0.2) is 24.3 Å². The van der Waals surface area contributed by atoms with Crippen molar-refractivity contribution in [1.29, 1.82) is 0 Å². The highest BCUT2D eigenvalue weighted by molar-refractivity contribution is 5.52. The van der Waals surface area contributed by atoms with Gasteiger partial charge < -0.3 is 10.4 Å². The highest BCUT2D eigenvalue weighted by atomic mass is 16.3. The molecule has 1 aliphatic carbocycles. The molecule has 1 aromatic carbocycles. The number of aliphatic hydroxyl groups is 1. The maximum absolute atomic E-state index is 9.81. The third-order valence-corrected chi connectivity index (χ3v) is 4.49. The lowest BCUT2D eigenvalue weighted by Crippen LogP contribution is -2.28. The van der Waals surface area contributed by atoms with Gasteiger partial charge in [0.25, 0.3) is 0 Å². The number of nitrogens with one attached hydrogen (secondary N) is 1. The van der Waals surface area contributed by atoms with Crippen LogP contribution in [0.25, 0.3) is 0 Å². The fourth-order valence-corrected chi connectivity index (χ4v) is 3.14. The summed E-state index contributed by atoms with van der Waals surface area (Å²) in [4.78, 5) is 0. The van der Waals surface area contributed by atoms with Crippen LogP contribution >= 0.6 is 0 Å². The Morgan fingerprint density at radius 2 is 1.68 bits per heavy atom. The van der Waals surface area contributed by atoms with Crippen molar-refractivity contribution >= 4 is 5.69 Å². The predicted molar refractivity (Wildman–Crippen MR) is 81.3 cm³/mol. The van der Waals surface area contributed by atoms with Crippen molar-refractivity contribution in [3.63, 3.8) is 0 Å². The first-order chi connectivity index (χ1) is 9.08. The Bertz CT molecular complexity index is 392. The zero-order valence-corrected chi connectivity index (χ0v) is 12.4. The molecule has 2 heteroatoms. The molecule has 1 unspecified atom stereocenters. The van der Waals surface area contributed by atoms with E-state index in [-0.39, 0.29) is 0 Å². The molecule has 1 aliphatic rings. The molecule has 0 saturated heterocycles. The topological polar surface area (TPSA) is 32.3 Å². The molecule has 0 bridgehead atoms. The summed E-state index contributed by atoms with van der Waals surface area (Å²) in [6, 6.07) is 8.68. The van der Waals surface area contributed by atoms with E-state index in [2.05, 4.69) is 25.2 Å². The molecule has 0 aliphatic heterocycles. The zero-order valence-electron chi connectivity index (χ0n) is 12.4. The second kappa shape index (κ2) is 6.42. The van der Waals surface area contributed by atoms with E-state index < -0.39 is 6.10 Å². The quantitative estimate of drug-likeness (QED) is 0.843. The van der Waals surface area contributed by atoms with Gasteiger partial charge in [-0.3, -0.25) is 0 Å². The van der Waals surface area contributed by atoms with E-state index in [1.165, 1.54) is 25.7 Å². The summed E-state index contributed by atoms with van der Waals surface area (Å²) in [5, 5.41) is 13.4. The first-order valence-electron chi connectivity index (χ1n) is 7.61. The number of rotatable bonds is 4. The summed E-state index contributed by atoms with van der Waals surface area (Å²) < 4.78 is 0. The van der Waals surface area contributed by atoms with Crippen LogP contribution in [0.3, 0.4) is 0 Å². The Labute approximate surface area is 117 Å². The summed E-state index contributed by atoms with van der Waals surface area (Å²) in [5.74, 6) is 1.70. The molecule has 1 aromatic rings. The predicted octanol–water partition coefficient (Wildman–Crippen LogP) is 4.37. The van der Waals surface area contributed by atoms with E-state index in [1.807, 2.05) is 25.1 Å². The molecular formula is C17H27NO. The highest BCUT2D eigenvalue weighted by Crippen LogP contribution is 2.32. The number of hydrogen-bond donors (Lipinski definition) is 2. The van der Waals surface area contributed by atoms with Gasteiger partial charge in [-0.25, -0.2) is 0 Å². The van der Waals surface area contributed by atoms with Gasteiger partial charge in [0, 0.05) is 17.3 Å².